The van der Waals surface area contributed by atoms with E-state index < -0.39 is 0 Å². The van der Waals surface area contributed by atoms with Gasteiger partial charge in [-0.15, -0.1) is 0 Å². The molecular formula is C14H22N2O2. The van der Waals surface area contributed by atoms with Crippen LogP contribution >= 0.6 is 0 Å². The second-order valence-electron chi connectivity index (χ2n) is 6.59. The first-order valence-electron chi connectivity index (χ1n) is 7.09. The molecule has 2 unspecified atom stereocenters. The zero-order chi connectivity index (χ0) is 12.9. The van der Waals surface area contributed by atoms with Crippen LogP contribution in [0.3, 0.4) is 0 Å². The van der Waals surface area contributed by atoms with Gasteiger partial charge in [0.25, 0.3) is 0 Å². The van der Waals surface area contributed by atoms with Crippen molar-refractivity contribution < 1.29 is 9.59 Å². The summed E-state index contributed by atoms with van der Waals surface area (Å²) in [6.45, 7) is 7.46. The van der Waals surface area contributed by atoms with Crippen LogP contribution < -0.4 is 5.32 Å². The van der Waals surface area contributed by atoms with Crippen LogP contribution in [0.4, 0.5) is 0 Å². The fraction of sp³-hybridized carbons (Fsp3) is 0.857. The zero-order valence-electron chi connectivity index (χ0n) is 11.2. The van der Waals surface area contributed by atoms with Crippen LogP contribution in [0.5, 0.6) is 0 Å². The Morgan fingerprint density at radius 2 is 1.94 bits per heavy atom. The predicted octanol–water partition coefficient (Wildman–Crippen LogP) is 1.02. The van der Waals surface area contributed by atoms with E-state index in [0.717, 1.165) is 32.5 Å². The summed E-state index contributed by atoms with van der Waals surface area (Å²) in [7, 11) is 0. The molecule has 0 aromatic carbocycles. The number of carbonyl (C=O) groups excluding carboxylic acids is 2. The number of imide groups is 1. The Hall–Kier alpha value is -0.900. The molecule has 2 bridgehead atoms. The van der Waals surface area contributed by atoms with E-state index in [1.807, 2.05) is 0 Å². The molecule has 0 aliphatic carbocycles. The van der Waals surface area contributed by atoms with E-state index in [-0.39, 0.29) is 23.1 Å². The van der Waals surface area contributed by atoms with Gasteiger partial charge in [0.15, 0.2) is 0 Å². The minimum Gasteiger partial charge on any atom is -0.303 e. The Kier molecular flexibility index (Phi) is 2.73. The third-order valence-electron chi connectivity index (χ3n) is 5.24. The molecule has 4 nitrogen and oxygen atoms in total. The smallest absolute Gasteiger partial charge is 0.230 e. The van der Waals surface area contributed by atoms with Crippen molar-refractivity contribution in [2.45, 2.75) is 33.1 Å². The minimum atomic E-state index is -0.0793. The molecule has 4 aliphatic rings. The van der Waals surface area contributed by atoms with Crippen molar-refractivity contribution in [2.24, 2.45) is 23.2 Å². The monoisotopic (exact) mass is 250 g/mol. The fourth-order valence-corrected chi connectivity index (χ4v) is 4.66. The van der Waals surface area contributed by atoms with Crippen molar-refractivity contribution in [3.8, 4) is 0 Å². The lowest BCUT2D eigenvalue weighted by Gasteiger charge is -2.58. The number of piperidine rings is 4. The van der Waals surface area contributed by atoms with E-state index in [4.69, 9.17) is 0 Å². The maximum absolute atomic E-state index is 12.2. The van der Waals surface area contributed by atoms with Gasteiger partial charge in [0, 0.05) is 24.3 Å². The summed E-state index contributed by atoms with van der Waals surface area (Å²) in [5.41, 5.74) is -0.0793. The summed E-state index contributed by atoms with van der Waals surface area (Å²) in [5, 5.41) is 2.55. The number of fused-ring (bicyclic) bond motifs is 2. The first kappa shape index (κ1) is 12.2. The number of hydrogen-bond donors (Lipinski definition) is 1. The van der Waals surface area contributed by atoms with E-state index in [0.29, 0.717) is 18.3 Å². The summed E-state index contributed by atoms with van der Waals surface area (Å²) in [5.74, 6) is 0.771. The molecule has 4 saturated heterocycles. The van der Waals surface area contributed by atoms with E-state index in [9.17, 15) is 9.59 Å². The predicted molar refractivity (Wildman–Crippen MR) is 67.7 cm³/mol. The van der Waals surface area contributed by atoms with Crippen LogP contribution in [-0.2, 0) is 9.59 Å². The summed E-state index contributed by atoms with van der Waals surface area (Å²) >= 11 is 0. The van der Waals surface area contributed by atoms with Gasteiger partial charge in [0.05, 0.1) is 0 Å². The van der Waals surface area contributed by atoms with E-state index in [2.05, 4.69) is 24.1 Å². The van der Waals surface area contributed by atoms with Gasteiger partial charge in [-0.05, 0) is 37.8 Å². The Morgan fingerprint density at radius 3 is 2.44 bits per heavy atom. The number of rotatable bonds is 1. The molecule has 2 atom stereocenters. The van der Waals surface area contributed by atoms with Gasteiger partial charge in [-0.1, -0.05) is 13.8 Å². The molecular weight excluding hydrogens is 228 g/mol. The van der Waals surface area contributed by atoms with Gasteiger partial charge in [-0.2, -0.15) is 0 Å². The zero-order valence-corrected chi connectivity index (χ0v) is 11.2. The molecule has 4 aliphatic heterocycles. The third kappa shape index (κ3) is 1.62. The summed E-state index contributed by atoms with van der Waals surface area (Å²) in [6.07, 6.45) is 2.86. The van der Waals surface area contributed by atoms with Crippen molar-refractivity contribution in [2.75, 3.05) is 19.6 Å². The molecule has 100 valence electrons. The van der Waals surface area contributed by atoms with Crippen LogP contribution in [0.25, 0.3) is 0 Å². The Morgan fingerprint density at radius 1 is 1.28 bits per heavy atom. The van der Waals surface area contributed by atoms with E-state index >= 15 is 0 Å². The molecule has 18 heavy (non-hydrogen) atoms. The van der Waals surface area contributed by atoms with Gasteiger partial charge in [0.2, 0.25) is 11.8 Å². The molecule has 4 heterocycles. The highest BCUT2D eigenvalue weighted by molar-refractivity contribution is 6.00. The first-order chi connectivity index (χ1) is 8.53. The maximum atomic E-state index is 12.2. The number of amides is 2. The molecule has 4 heteroatoms. The molecule has 1 spiro atoms. The quantitative estimate of drug-likeness (QED) is 0.707. The van der Waals surface area contributed by atoms with Gasteiger partial charge in [-0.25, -0.2) is 0 Å². The minimum absolute atomic E-state index is 0.00306. The number of nitrogens with one attached hydrogen (secondary N) is 1. The molecule has 0 aromatic heterocycles. The highest BCUT2D eigenvalue weighted by atomic mass is 16.2. The van der Waals surface area contributed by atoms with Crippen molar-refractivity contribution in [1.82, 2.24) is 10.2 Å². The largest absolute Gasteiger partial charge is 0.303 e. The number of carbonyl (C=O) groups is 2. The Labute approximate surface area is 108 Å². The molecule has 0 aromatic rings. The summed E-state index contributed by atoms with van der Waals surface area (Å²) < 4.78 is 0. The number of hydrogen-bond acceptors (Lipinski definition) is 3. The van der Waals surface area contributed by atoms with E-state index in [1.165, 1.54) is 0 Å². The highest BCUT2D eigenvalue weighted by Crippen LogP contribution is 2.53. The first-order valence-corrected chi connectivity index (χ1v) is 7.09. The Bertz CT molecular complexity index is 385. The second kappa shape index (κ2) is 4.05. The third-order valence-corrected chi connectivity index (χ3v) is 5.24. The molecule has 2 amide bonds. The molecule has 1 N–H and O–H groups in total. The SMILES string of the molecule is CC(C)C1C(=O)NC(=O)CC12CN1CCC2CC1. The normalized spacial score (nSPS) is 43.6. The van der Waals surface area contributed by atoms with Crippen molar-refractivity contribution in [3.05, 3.63) is 0 Å². The van der Waals surface area contributed by atoms with Crippen LogP contribution in [0, 0.1) is 23.2 Å². The lowest BCUT2D eigenvalue weighted by molar-refractivity contribution is -0.160. The van der Waals surface area contributed by atoms with Crippen LogP contribution in [-0.4, -0.2) is 36.3 Å². The van der Waals surface area contributed by atoms with Gasteiger partial charge >= 0.3 is 0 Å². The van der Waals surface area contributed by atoms with Crippen molar-refractivity contribution >= 4 is 11.8 Å². The van der Waals surface area contributed by atoms with E-state index in [1.54, 1.807) is 0 Å². The lowest BCUT2D eigenvalue weighted by atomic mass is 9.54. The Balaban J connectivity index is 2.00. The summed E-state index contributed by atoms with van der Waals surface area (Å²) in [6, 6.07) is 0. The van der Waals surface area contributed by atoms with Crippen LogP contribution in [0.15, 0.2) is 0 Å². The summed E-state index contributed by atoms with van der Waals surface area (Å²) in [4.78, 5) is 26.5. The van der Waals surface area contributed by atoms with Crippen LogP contribution in [0.1, 0.15) is 33.1 Å². The fourth-order valence-electron chi connectivity index (χ4n) is 4.66. The van der Waals surface area contributed by atoms with Crippen molar-refractivity contribution in [3.63, 3.8) is 0 Å². The van der Waals surface area contributed by atoms with Gasteiger partial charge in [-0.3, -0.25) is 14.9 Å². The van der Waals surface area contributed by atoms with Gasteiger partial charge in [0.1, 0.15) is 0 Å². The number of nitrogens with zero attached hydrogens (tertiary/aromatic N) is 1. The van der Waals surface area contributed by atoms with Gasteiger partial charge < -0.3 is 4.90 Å². The average molecular weight is 250 g/mol. The van der Waals surface area contributed by atoms with Crippen LogP contribution in [0.2, 0.25) is 0 Å². The maximum Gasteiger partial charge on any atom is 0.230 e. The van der Waals surface area contributed by atoms with Crippen molar-refractivity contribution in [1.29, 1.82) is 0 Å². The second-order valence-corrected chi connectivity index (χ2v) is 6.59. The molecule has 4 rings (SSSR count). The topological polar surface area (TPSA) is 49.4 Å². The average Bonchev–Trinajstić information content (AvgIpc) is 2.27. The highest BCUT2D eigenvalue weighted by Gasteiger charge is 2.57. The lowest BCUT2D eigenvalue weighted by Crippen LogP contribution is -2.65. The molecule has 0 radical (unpaired) electrons. The standard InChI is InChI=1S/C14H22N2O2/c1-9(2)12-13(18)15-11(17)7-14(12)8-16-5-3-10(14)4-6-16/h9-10,12H,3-8H2,1-2H3,(H,15,17,18). The molecule has 4 fully saturated rings. The molecule has 0 saturated carbocycles.